The van der Waals surface area contributed by atoms with E-state index in [9.17, 15) is 10.1 Å². The molecular weight excluding hydrogens is 326 g/mol. The van der Waals surface area contributed by atoms with Crippen LogP contribution in [-0.4, -0.2) is 17.0 Å². The normalized spacial score (nSPS) is 10.2. The second kappa shape index (κ2) is 5.87. The summed E-state index contributed by atoms with van der Waals surface area (Å²) in [7, 11) is 1.74. The van der Waals surface area contributed by atoms with Crippen molar-refractivity contribution in [1.29, 1.82) is 0 Å². The molecule has 0 aliphatic rings. The highest BCUT2D eigenvalue weighted by molar-refractivity contribution is 9.10. The van der Waals surface area contributed by atoms with Gasteiger partial charge >= 0.3 is 5.69 Å². The average molecular weight is 338 g/mol. The van der Waals surface area contributed by atoms with Gasteiger partial charge in [-0.15, -0.1) is 0 Å². The summed E-state index contributed by atoms with van der Waals surface area (Å²) in [6.07, 6.45) is 0. The number of anilines is 1. The maximum absolute atomic E-state index is 11.1. The lowest BCUT2D eigenvalue weighted by Gasteiger charge is -2.09. The summed E-state index contributed by atoms with van der Waals surface area (Å²) in [6.45, 7) is 1.75. The first-order valence-electron chi connectivity index (χ1n) is 5.78. The number of rotatable bonds is 4. The van der Waals surface area contributed by atoms with Gasteiger partial charge in [-0.1, -0.05) is 22.0 Å². The van der Waals surface area contributed by atoms with Crippen LogP contribution >= 0.6 is 15.9 Å². The summed E-state index contributed by atoms with van der Waals surface area (Å²) in [5, 5.41) is 14.0. The largest absolute Gasteiger partial charge is 0.431 e. The summed E-state index contributed by atoms with van der Waals surface area (Å²) in [6, 6.07) is 8.34. The molecular formula is C13H12BrN3O3. The Morgan fingerprint density at radius 3 is 2.80 bits per heavy atom. The van der Waals surface area contributed by atoms with Gasteiger partial charge in [0, 0.05) is 29.2 Å². The van der Waals surface area contributed by atoms with Gasteiger partial charge in [-0.3, -0.25) is 10.1 Å². The quantitative estimate of drug-likeness (QED) is 0.676. The Hall–Kier alpha value is -2.15. The fraction of sp³-hybridized carbons (Fsp3) is 0.154. The van der Waals surface area contributed by atoms with Gasteiger partial charge in [0.25, 0.3) is 0 Å². The van der Waals surface area contributed by atoms with Crippen LogP contribution in [0.3, 0.4) is 0 Å². The van der Waals surface area contributed by atoms with Crippen LogP contribution in [0.4, 0.5) is 11.5 Å². The highest BCUT2D eigenvalue weighted by atomic mass is 79.9. The highest BCUT2D eigenvalue weighted by Gasteiger charge is 2.20. The predicted molar refractivity (Wildman–Crippen MR) is 79.4 cm³/mol. The van der Waals surface area contributed by atoms with E-state index in [1.165, 1.54) is 6.07 Å². The van der Waals surface area contributed by atoms with Gasteiger partial charge in [-0.2, -0.15) is 4.98 Å². The van der Waals surface area contributed by atoms with Crippen LogP contribution in [0.1, 0.15) is 5.56 Å². The van der Waals surface area contributed by atoms with Crippen LogP contribution in [0, 0.1) is 17.0 Å². The van der Waals surface area contributed by atoms with Crippen LogP contribution in [0.25, 0.3) is 0 Å². The maximum atomic E-state index is 11.1. The molecule has 0 bridgehead atoms. The number of benzene rings is 1. The molecule has 2 aromatic rings. The number of nitrogens with one attached hydrogen (secondary N) is 1. The second-order valence-electron chi connectivity index (χ2n) is 4.04. The van der Waals surface area contributed by atoms with Crippen LogP contribution in [0.2, 0.25) is 0 Å². The lowest BCUT2D eigenvalue weighted by Crippen LogP contribution is -1.98. The fourth-order valence-corrected chi connectivity index (χ4v) is 2.26. The molecule has 0 saturated carbocycles. The minimum Gasteiger partial charge on any atom is -0.431 e. The Balaban J connectivity index is 2.44. The topological polar surface area (TPSA) is 77.3 Å². The minimum absolute atomic E-state index is 0.103. The van der Waals surface area contributed by atoms with E-state index in [0.29, 0.717) is 21.7 Å². The predicted octanol–water partition coefficient (Wildman–Crippen LogP) is 3.89. The zero-order chi connectivity index (χ0) is 14.7. The van der Waals surface area contributed by atoms with Gasteiger partial charge < -0.3 is 10.1 Å². The molecule has 104 valence electrons. The van der Waals surface area contributed by atoms with E-state index in [4.69, 9.17) is 4.74 Å². The van der Waals surface area contributed by atoms with Crippen LogP contribution in [-0.2, 0) is 0 Å². The van der Waals surface area contributed by atoms with Crippen molar-refractivity contribution in [3.05, 3.63) is 50.5 Å². The van der Waals surface area contributed by atoms with E-state index in [1.54, 1.807) is 38.2 Å². The van der Waals surface area contributed by atoms with Crippen LogP contribution in [0.5, 0.6) is 11.6 Å². The van der Waals surface area contributed by atoms with Crippen molar-refractivity contribution in [1.82, 2.24) is 4.98 Å². The van der Waals surface area contributed by atoms with Crippen molar-refractivity contribution in [2.75, 3.05) is 12.4 Å². The smallest absolute Gasteiger partial charge is 0.313 e. The number of halogens is 1. The van der Waals surface area contributed by atoms with E-state index < -0.39 is 4.92 Å². The molecule has 20 heavy (non-hydrogen) atoms. The lowest BCUT2D eigenvalue weighted by atomic mass is 10.2. The van der Waals surface area contributed by atoms with Gasteiger partial charge in [0.2, 0.25) is 11.6 Å². The third-order valence-corrected chi connectivity index (χ3v) is 3.06. The maximum Gasteiger partial charge on any atom is 0.313 e. The molecule has 0 atom stereocenters. The van der Waals surface area contributed by atoms with Crippen molar-refractivity contribution < 1.29 is 9.66 Å². The number of aryl methyl sites for hydroxylation is 1. The number of nitro benzene ring substituents is 1. The summed E-state index contributed by atoms with van der Waals surface area (Å²) in [5.41, 5.74) is 0.552. The van der Waals surface area contributed by atoms with E-state index >= 15 is 0 Å². The van der Waals surface area contributed by atoms with Gasteiger partial charge in [-0.05, 0) is 19.1 Å². The Labute approximate surface area is 124 Å². The molecule has 0 saturated heterocycles. The summed E-state index contributed by atoms with van der Waals surface area (Å²) in [5.74, 6) is 1.12. The molecule has 0 aliphatic heterocycles. The van der Waals surface area contributed by atoms with Crippen molar-refractivity contribution >= 4 is 27.4 Å². The molecule has 2 rings (SSSR count). The molecule has 6 nitrogen and oxygen atoms in total. The number of hydrogen-bond donors (Lipinski definition) is 1. The summed E-state index contributed by atoms with van der Waals surface area (Å²) >= 11 is 3.24. The minimum atomic E-state index is -0.477. The SMILES string of the molecule is CNc1cccc(Oc2c(C)cc(Br)cc2[N+](=O)[O-])n1. The van der Waals surface area contributed by atoms with E-state index in [1.807, 2.05) is 0 Å². The molecule has 0 spiro atoms. The second-order valence-corrected chi connectivity index (χ2v) is 4.96. The average Bonchev–Trinajstić information content (AvgIpc) is 2.41. The zero-order valence-electron chi connectivity index (χ0n) is 10.9. The number of pyridine rings is 1. The van der Waals surface area contributed by atoms with Crippen molar-refractivity contribution in [3.63, 3.8) is 0 Å². The Morgan fingerprint density at radius 1 is 1.40 bits per heavy atom. The fourth-order valence-electron chi connectivity index (χ4n) is 1.70. The van der Waals surface area contributed by atoms with E-state index in [0.717, 1.165) is 0 Å². The highest BCUT2D eigenvalue weighted by Crippen LogP contribution is 2.36. The summed E-state index contributed by atoms with van der Waals surface area (Å²) in [4.78, 5) is 14.8. The monoisotopic (exact) mass is 337 g/mol. The number of ether oxygens (including phenoxy) is 1. The molecule has 7 heteroatoms. The first kappa shape index (κ1) is 14.3. The summed E-state index contributed by atoms with van der Waals surface area (Å²) < 4.78 is 6.22. The molecule has 1 aromatic carbocycles. The van der Waals surface area contributed by atoms with Crippen molar-refractivity contribution in [3.8, 4) is 11.6 Å². The molecule has 0 fully saturated rings. The first-order chi connectivity index (χ1) is 9.51. The molecule has 1 N–H and O–H groups in total. The number of nitrogens with zero attached hydrogens (tertiary/aromatic N) is 2. The molecule has 1 aromatic heterocycles. The molecule has 0 amide bonds. The Morgan fingerprint density at radius 2 is 2.15 bits per heavy atom. The van der Waals surface area contributed by atoms with Gasteiger partial charge in [0.05, 0.1) is 4.92 Å². The standard InChI is InChI=1S/C13H12BrN3O3/c1-8-6-9(14)7-10(17(18)19)13(8)20-12-5-3-4-11(15-2)16-12/h3-7H,1-2H3,(H,15,16). The number of aromatic nitrogens is 1. The third kappa shape index (κ3) is 3.05. The molecule has 0 unspecified atom stereocenters. The zero-order valence-corrected chi connectivity index (χ0v) is 12.5. The van der Waals surface area contributed by atoms with Crippen LogP contribution in [0.15, 0.2) is 34.8 Å². The third-order valence-electron chi connectivity index (χ3n) is 2.60. The van der Waals surface area contributed by atoms with Gasteiger partial charge in [0.15, 0.2) is 0 Å². The molecule has 0 aliphatic carbocycles. The molecule has 1 heterocycles. The molecule has 0 radical (unpaired) electrons. The van der Waals surface area contributed by atoms with Gasteiger partial charge in [-0.25, -0.2) is 0 Å². The Kier molecular flexibility index (Phi) is 4.19. The van der Waals surface area contributed by atoms with Crippen LogP contribution < -0.4 is 10.1 Å². The lowest BCUT2D eigenvalue weighted by molar-refractivity contribution is -0.385. The van der Waals surface area contributed by atoms with E-state index in [2.05, 4.69) is 26.2 Å². The number of hydrogen-bond acceptors (Lipinski definition) is 5. The van der Waals surface area contributed by atoms with E-state index in [-0.39, 0.29) is 11.4 Å². The van der Waals surface area contributed by atoms with Crippen molar-refractivity contribution in [2.45, 2.75) is 6.92 Å². The van der Waals surface area contributed by atoms with Gasteiger partial charge in [0.1, 0.15) is 5.82 Å². The first-order valence-corrected chi connectivity index (χ1v) is 6.57. The number of nitro groups is 1. The van der Waals surface area contributed by atoms with Crippen molar-refractivity contribution in [2.24, 2.45) is 0 Å². The Bertz CT molecular complexity index is 661.